The summed E-state index contributed by atoms with van der Waals surface area (Å²) in [5.74, 6) is 0.299. The fourth-order valence-electron chi connectivity index (χ4n) is 2.45. The Morgan fingerprint density at radius 2 is 2.39 bits per heavy atom. The lowest BCUT2D eigenvalue weighted by Gasteiger charge is -2.22. The third-order valence-electron chi connectivity index (χ3n) is 3.38. The molecule has 18 heavy (non-hydrogen) atoms. The van der Waals surface area contributed by atoms with Crippen molar-refractivity contribution in [2.24, 2.45) is 5.92 Å². The van der Waals surface area contributed by atoms with Gasteiger partial charge in [0.25, 0.3) is 0 Å². The van der Waals surface area contributed by atoms with Crippen molar-refractivity contribution in [2.45, 2.75) is 25.8 Å². The van der Waals surface area contributed by atoms with Crippen LogP contribution >= 0.6 is 11.6 Å². The molecule has 0 saturated carbocycles. The van der Waals surface area contributed by atoms with Crippen molar-refractivity contribution in [3.8, 4) is 0 Å². The minimum Gasteiger partial charge on any atom is -0.381 e. The topological polar surface area (TPSA) is 21.3 Å². The van der Waals surface area contributed by atoms with Crippen LogP contribution in [0.2, 0.25) is 5.02 Å². The summed E-state index contributed by atoms with van der Waals surface area (Å²) in [6, 6.07) is 4.66. The predicted molar refractivity (Wildman–Crippen MR) is 71.4 cm³/mol. The van der Waals surface area contributed by atoms with Crippen LogP contribution in [-0.4, -0.2) is 19.8 Å². The first-order valence-electron chi connectivity index (χ1n) is 6.46. The number of nitrogens with one attached hydrogen (secondary N) is 1. The molecule has 1 saturated heterocycles. The van der Waals surface area contributed by atoms with E-state index >= 15 is 0 Å². The van der Waals surface area contributed by atoms with Gasteiger partial charge in [0.1, 0.15) is 5.82 Å². The maximum Gasteiger partial charge on any atom is 0.123 e. The quantitative estimate of drug-likeness (QED) is 0.884. The highest BCUT2D eigenvalue weighted by atomic mass is 35.5. The Hall–Kier alpha value is -0.640. The largest absolute Gasteiger partial charge is 0.381 e. The Kier molecular flexibility index (Phi) is 4.98. The maximum absolute atomic E-state index is 13.4. The number of ether oxygens (including phenoxy) is 1. The van der Waals surface area contributed by atoms with E-state index in [1.807, 2.05) is 6.92 Å². The van der Waals surface area contributed by atoms with E-state index < -0.39 is 0 Å². The van der Waals surface area contributed by atoms with E-state index in [0.717, 1.165) is 38.2 Å². The van der Waals surface area contributed by atoms with Crippen LogP contribution in [0.4, 0.5) is 4.39 Å². The van der Waals surface area contributed by atoms with Gasteiger partial charge in [0.2, 0.25) is 0 Å². The van der Waals surface area contributed by atoms with Crippen LogP contribution in [0.3, 0.4) is 0 Å². The van der Waals surface area contributed by atoms with Crippen LogP contribution in [0.1, 0.15) is 31.4 Å². The second-order valence-corrected chi connectivity index (χ2v) is 5.15. The number of benzene rings is 1. The Bertz CT molecular complexity index is 393. The first kappa shape index (κ1) is 13.8. The molecule has 2 unspecified atom stereocenters. The zero-order chi connectivity index (χ0) is 13.0. The van der Waals surface area contributed by atoms with Gasteiger partial charge in [-0.25, -0.2) is 4.39 Å². The molecule has 2 rings (SSSR count). The lowest BCUT2D eigenvalue weighted by atomic mass is 9.94. The highest BCUT2D eigenvalue weighted by Gasteiger charge is 2.23. The first-order chi connectivity index (χ1) is 8.70. The van der Waals surface area contributed by atoms with Crippen molar-refractivity contribution in [1.82, 2.24) is 5.32 Å². The zero-order valence-corrected chi connectivity index (χ0v) is 11.3. The Balaban J connectivity index is 2.14. The molecule has 0 spiro atoms. The summed E-state index contributed by atoms with van der Waals surface area (Å²) in [6.45, 7) is 4.52. The molecule has 0 bridgehead atoms. The Morgan fingerprint density at radius 3 is 3.06 bits per heavy atom. The van der Waals surface area contributed by atoms with Gasteiger partial charge in [0.15, 0.2) is 0 Å². The fourth-order valence-corrected chi connectivity index (χ4v) is 2.70. The minimum atomic E-state index is -0.236. The monoisotopic (exact) mass is 271 g/mol. The Labute approximate surface area is 112 Å². The molecule has 0 aromatic heterocycles. The van der Waals surface area contributed by atoms with Crippen LogP contribution in [0.5, 0.6) is 0 Å². The van der Waals surface area contributed by atoms with Gasteiger partial charge in [-0.05, 0) is 49.1 Å². The van der Waals surface area contributed by atoms with E-state index in [2.05, 4.69) is 5.32 Å². The standard InChI is InChI=1S/C14H19ClFNO/c1-2-17-14(7-10-5-6-18-9-10)12-8-11(16)3-4-13(12)15/h3-4,8,10,14,17H,2,5-7,9H2,1H3. The summed E-state index contributed by atoms with van der Waals surface area (Å²) < 4.78 is 18.7. The lowest BCUT2D eigenvalue weighted by Crippen LogP contribution is -2.24. The number of rotatable bonds is 5. The van der Waals surface area contributed by atoms with Gasteiger partial charge in [0, 0.05) is 24.3 Å². The average molecular weight is 272 g/mol. The van der Waals surface area contributed by atoms with Crippen molar-refractivity contribution in [1.29, 1.82) is 0 Å². The molecule has 1 N–H and O–H groups in total. The van der Waals surface area contributed by atoms with E-state index in [0.29, 0.717) is 10.9 Å². The van der Waals surface area contributed by atoms with E-state index in [9.17, 15) is 4.39 Å². The van der Waals surface area contributed by atoms with Gasteiger partial charge >= 0.3 is 0 Å². The van der Waals surface area contributed by atoms with Crippen LogP contribution in [0.25, 0.3) is 0 Å². The highest BCUT2D eigenvalue weighted by molar-refractivity contribution is 6.31. The summed E-state index contributed by atoms with van der Waals surface area (Å²) in [5.41, 5.74) is 0.852. The highest BCUT2D eigenvalue weighted by Crippen LogP contribution is 2.31. The van der Waals surface area contributed by atoms with Gasteiger partial charge in [-0.15, -0.1) is 0 Å². The normalized spacial score (nSPS) is 21.2. The van der Waals surface area contributed by atoms with Gasteiger partial charge in [-0.2, -0.15) is 0 Å². The molecule has 1 aromatic rings. The first-order valence-corrected chi connectivity index (χ1v) is 6.84. The van der Waals surface area contributed by atoms with Crippen molar-refractivity contribution in [3.63, 3.8) is 0 Å². The van der Waals surface area contributed by atoms with Crippen LogP contribution < -0.4 is 5.32 Å². The zero-order valence-electron chi connectivity index (χ0n) is 10.6. The third kappa shape index (κ3) is 3.44. The molecule has 2 nitrogen and oxygen atoms in total. The SMILES string of the molecule is CCNC(CC1CCOC1)c1cc(F)ccc1Cl. The summed E-state index contributed by atoms with van der Waals surface area (Å²) >= 11 is 6.17. The van der Waals surface area contributed by atoms with Crippen LogP contribution in [0, 0.1) is 11.7 Å². The molecule has 1 heterocycles. The van der Waals surface area contributed by atoms with E-state index in [4.69, 9.17) is 16.3 Å². The molecule has 2 atom stereocenters. The number of hydrogen-bond donors (Lipinski definition) is 1. The maximum atomic E-state index is 13.4. The molecule has 0 amide bonds. The molecular formula is C14H19ClFNO. The molecule has 1 aliphatic rings. The smallest absolute Gasteiger partial charge is 0.123 e. The van der Waals surface area contributed by atoms with Crippen molar-refractivity contribution < 1.29 is 9.13 Å². The number of halogens is 2. The molecule has 1 fully saturated rings. The van der Waals surface area contributed by atoms with Crippen LogP contribution in [0.15, 0.2) is 18.2 Å². The van der Waals surface area contributed by atoms with Gasteiger partial charge in [0.05, 0.1) is 0 Å². The molecule has 0 aliphatic carbocycles. The molecule has 4 heteroatoms. The summed E-state index contributed by atoms with van der Waals surface area (Å²) in [4.78, 5) is 0. The van der Waals surface area contributed by atoms with E-state index in [1.54, 1.807) is 6.07 Å². The lowest BCUT2D eigenvalue weighted by molar-refractivity contribution is 0.181. The minimum absolute atomic E-state index is 0.102. The summed E-state index contributed by atoms with van der Waals surface area (Å²) in [6.07, 6.45) is 2.02. The molecular weight excluding hydrogens is 253 g/mol. The molecule has 100 valence electrons. The van der Waals surface area contributed by atoms with Gasteiger partial charge in [-0.1, -0.05) is 18.5 Å². The average Bonchev–Trinajstić information content (AvgIpc) is 2.85. The summed E-state index contributed by atoms with van der Waals surface area (Å²) in [5, 5.41) is 4.01. The van der Waals surface area contributed by atoms with Gasteiger partial charge < -0.3 is 10.1 Å². The number of hydrogen-bond acceptors (Lipinski definition) is 2. The van der Waals surface area contributed by atoms with Gasteiger partial charge in [-0.3, -0.25) is 0 Å². The second-order valence-electron chi connectivity index (χ2n) is 4.74. The predicted octanol–water partition coefficient (Wildman–Crippen LogP) is 3.56. The molecule has 1 aliphatic heterocycles. The van der Waals surface area contributed by atoms with E-state index in [1.165, 1.54) is 12.1 Å². The fraction of sp³-hybridized carbons (Fsp3) is 0.571. The van der Waals surface area contributed by atoms with Crippen LogP contribution in [-0.2, 0) is 4.74 Å². The summed E-state index contributed by atoms with van der Waals surface area (Å²) in [7, 11) is 0. The second kappa shape index (κ2) is 6.50. The Morgan fingerprint density at radius 1 is 1.56 bits per heavy atom. The van der Waals surface area contributed by atoms with Crippen molar-refractivity contribution in [3.05, 3.63) is 34.6 Å². The third-order valence-corrected chi connectivity index (χ3v) is 3.72. The molecule has 0 radical (unpaired) electrons. The van der Waals surface area contributed by atoms with Crippen molar-refractivity contribution in [2.75, 3.05) is 19.8 Å². The van der Waals surface area contributed by atoms with Crippen molar-refractivity contribution >= 4 is 11.6 Å². The van der Waals surface area contributed by atoms with E-state index in [-0.39, 0.29) is 11.9 Å². The molecule has 1 aromatic carbocycles.